The number of carbonyl (C=O) groups is 2. The van der Waals surface area contributed by atoms with Crippen LogP contribution in [0.1, 0.15) is 34.3 Å². The molecular formula is C20H18N2O4. The lowest BCUT2D eigenvalue weighted by molar-refractivity contribution is -0.137. The van der Waals surface area contributed by atoms with E-state index in [1.54, 1.807) is 6.07 Å². The molecule has 0 aliphatic carbocycles. The summed E-state index contributed by atoms with van der Waals surface area (Å²) in [5.74, 6) is -1.66. The molecule has 1 heterocycles. The number of benzene rings is 2. The van der Waals surface area contributed by atoms with Crippen LogP contribution in [0, 0.1) is 6.92 Å². The maximum Gasteiger partial charge on any atom is 0.307 e. The summed E-state index contributed by atoms with van der Waals surface area (Å²) in [5, 5.41) is 11.9. The first-order chi connectivity index (χ1) is 12.5. The van der Waals surface area contributed by atoms with Crippen LogP contribution in [0.25, 0.3) is 11.3 Å². The Kier molecular flexibility index (Phi) is 5.12. The van der Waals surface area contributed by atoms with Crippen LogP contribution in [-0.4, -0.2) is 22.0 Å². The number of nitrogens with one attached hydrogen (secondary N) is 1. The minimum absolute atomic E-state index is 0.104. The van der Waals surface area contributed by atoms with Gasteiger partial charge in [-0.05, 0) is 18.1 Å². The minimum atomic E-state index is -1.00. The van der Waals surface area contributed by atoms with Crippen LogP contribution in [0.3, 0.4) is 0 Å². The summed E-state index contributed by atoms with van der Waals surface area (Å²) in [4.78, 5) is 27.9. The van der Waals surface area contributed by atoms with Crippen LogP contribution in [-0.2, 0) is 4.79 Å². The molecule has 3 aromatic rings. The molecule has 0 fully saturated rings. The molecule has 0 saturated heterocycles. The second-order valence-electron chi connectivity index (χ2n) is 5.88. The number of hydrogen-bond donors (Lipinski definition) is 2. The molecule has 1 amide bonds. The third-order valence-corrected chi connectivity index (χ3v) is 4.02. The van der Waals surface area contributed by atoms with Crippen molar-refractivity contribution < 1.29 is 19.1 Å². The summed E-state index contributed by atoms with van der Waals surface area (Å²) in [6.45, 7) is 1.87. The molecular weight excluding hydrogens is 332 g/mol. The highest BCUT2D eigenvalue weighted by Crippen LogP contribution is 2.22. The first kappa shape index (κ1) is 17.4. The summed E-state index contributed by atoms with van der Waals surface area (Å²) < 4.78 is 5.28. The Morgan fingerprint density at radius 1 is 1.12 bits per heavy atom. The Hall–Kier alpha value is -3.41. The van der Waals surface area contributed by atoms with E-state index >= 15 is 0 Å². The third-order valence-electron chi connectivity index (χ3n) is 4.02. The van der Waals surface area contributed by atoms with Gasteiger partial charge in [-0.3, -0.25) is 9.59 Å². The zero-order valence-electron chi connectivity index (χ0n) is 14.2. The molecule has 132 valence electrons. The number of carbonyl (C=O) groups excluding carboxylic acids is 1. The van der Waals surface area contributed by atoms with Crippen molar-refractivity contribution in [3.63, 3.8) is 0 Å². The van der Waals surface area contributed by atoms with E-state index < -0.39 is 17.9 Å². The molecule has 26 heavy (non-hydrogen) atoms. The monoisotopic (exact) mass is 350 g/mol. The number of carboxylic acid groups (broad SMARTS) is 1. The molecule has 2 N–H and O–H groups in total. The predicted molar refractivity (Wildman–Crippen MR) is 95.6 cm³/mol. The van der Waals surface area contributed by atoms with E-state index in [0.29, 0.717) is 5.69 Å². The van der Waals surface area contributed by atoms with Gasteiger partial charge in [0.05, 0.1) is 12.5 Å². The SMILES string of the molecule is Cc1ccccc1[C@H](CC(=O)O)NC(=O)c1nc(-c2ccccc2)co1. The van der Waals surface area contributed by atoms with E-state index in [9.17, 15) is 14.7 Å². The second-order valence-corrected chi connectivity index (χ2v) is 5.88. The number of oxazole rings is 1. The maximum atomic E-state index is 12.5. The molecule has 1 atom stereocenters. The van der Waals surface area contributed by atoms with Gasteiger partial charge in [0.1, 0.15) is 12.0 Å². The number of rotatable bonds is 6. The fourth-order valence-electron chi connectivity index (χ4n) is 2.73. The van der Waals surface area contributed by atoms with Crippen LogP contribution in [0.15, 0.2) is 65.3 Å². The number of carboxylic acids is 1. The number of aryl methyl sites for hydroxylation is 1. The van der Waals surface area contributed by atoms with Gasteiger partial charge in [0.15, 0.2) is 0 Å². The highest BCUT2D eigenvalue weighted by molar-refractivity contribution is 5.91. The molecule has 0 aliphatic heterocycles. The zero-order chi connectivity index (χ0) is 18.5. The molecule has 0 spiro atoms. The van der Waals surface area contributed by atoms with Crippen molar-refractivity contribution in [1.82, 2.24) is 10.3 Å². The molecule has 6 nitrogen and oxygen atoms in total. The zero-order valence-corrected chi connectivity index (χ0v) is 14.2. The molecule has 0 saturated carbocycles. The van der Waals surface area contributed by atoms with E-state index in [1.807, 2.05) is 55.5 Å². The van der Waals surface area contributed by atoms with Crippen LogP contribution in [0.2, 0.25) is 0 Å². The van der Waals surface area contributed by atoms with Crippen molar-refractivity contribution in [1.29, 1.82) is 0 Å². The fourth-order valence-corrected chi connectivity index (χ4v) is 2.73. The Balaban J connectivity index is 1.81. The smallest absolute Gasteiger partial charge is 0.307 e. The molecule has 0 aliphatic rings. The Morgan fingerprint density at radius 3 is 2.50 bits per heavy atom. The van der Waals surface area contributed by atoms with E-state index in [1.165, 1.54) is 6.26 Å². The van der Waals surface area contributed by atoms with Gasteiger partial charge >= 0.3 is 11.9 Å². The summed E-state index contributed by atoms with van der Waals surface area (Å²) in [5.41, 5.74) is 3.02. The lowest BCUT2D eigenvalue weighted by Crippen LogP contribution is -2.30. The summed E-state index contributed by atoms with van der Waals surface area (Å²) in [7, 11) is 0. The normalized spacial score (nSPS) is 11.7. The molecule has 3 rings (SSSR count). The molecule has 0 unspecified atom stereocenters. The van der Waals surface area contributed by atoms with Gasteiger partial charge in [-0.2, -0.15) is 0 Å². The van der Waals surface area contributed by atoms with Gasteiger partial charge in [0, 0.05) is 5.56 Å². The molecule has 0 radical (unpaired) electrons. The van der Waals surface area contributed by atoms with Gasteiger partial charge < -0.3 is 14.8 Å². The Bertz CT molecular complexity index is 918. The average molecular weight is 350 g/mol. The summed E-state index contributed by atoms with van der Waals surface area (Å²) in [6, 6.07) is 16.0. The van der Waals surface area contributed by atoms with Crippen LogP contribution in [0.5, 0.6) is 0 Å². The van der Waals surface area contributed by atoms with Crippen molar-refractivity contribution in [2.45, 2.75) is 19.4 Å². The van der Waals surface area contributed by atoms with E-state index in [-0.39, 0.29) is 12.3 Å². The fraction of sp³-hybridized carbons (Fsp3) is 0.150. The summed E-state index contributed by atoms with van der Waals surface area (Å²) in [6.07, 6.45) is 1.17. The van der Waals surface area contributed by atoms with E-state index in [4.69, 9.17) is 4.42 Å². The van der Waals surface area contributed by atoms with Crippen molar-refractivity contribution >= 4 is 11.9 Å². The quantitative estimate of drug-likeness (QED) is 0.709. The molecule has 6 heteroatoms. The van der Waals surface area contributed by atoms with Crippen molar-refractivity contribution in [3.8, 4) is 11.3 Å². The third kappa shape index (κ3) is 3.97. The number of hydrogen-bond acceptors (Lipinski definition) is 4. The highest BCUT2D eigenvalue weighted by atomic mass is 16.4. The molecule has 2 aromatic carbocycles. The van der Waals surface area contributed by atoms with Gasteiger partial charge in [-0.25, -0.2) is 4.98 Å². The lowest BCUT2D eigenvalue weighted by Gasteiger charge is -2.18. The van der Waals surface area contributed by atoms with Gasteiger partial charge in [0.2, 0.25) is 0 Å². The largest absolute Gasteiger partial charge is 0.481 e. The minimum Gasteiger partial charge on any atom is -0.481 e. The highest BCUT2D eigenvalue weighted by Gasteiger charge is 2.23. The number of aromatic nitrogens is 1. The standard InChI is InChI=1S/C20H18N2O4/c1-13-7-5-6-10-15(13)16(11-18(23)24)21-19(25)20-22-17(12-26-20)14-8-3-2-4-9-14/h2-10,12,16H,11H2,1H3,(H,21,25)(H,23,24)/t16-/m0/s1. The Labute approximate surface area is 150 Å². The molecule has 1 aromatic heterocycles. The number of amides is 1. The lowest BCUT2D eigenvalue weighted by atomic mass is 9.99. The van der Waals surface area contributed by atoms with E-state index in [2.05, 4.69) is 10.3 Å². The van der Waals surface area contributed by atoms with Crippen LogP contribution >= 0.6 is 0 Å². The number of aliphatic carboxylic acids is 1. The first-order valence-corrected chi connectivity index (χ1v) is 8.13. The Morgan fingerprint density at radius 2 is 1.81 bits per heavy atom. The predicted octanol–water partition coefficient (Wildman–Crippen LogP) is 3.60. The van der Waals surface area contributed by atoms with Crippen molar-refractivity contribution in [2.24, 2.45) is 0 Å². The van der Waals surface area contributed by atoms with Gasteiger partial charge in [0.25, 0.3) is 5.89 Å². The van der Waals surface area contributed by atoms with Crippen LogP contribution < -0.4 is 5.32 Å². The number of nitrogens with zero attached hydrogens (tertiary/aromatic N) is 1. The van der Waals surface area contributed by atoms with Crippen molar-refractivity contribution in [3.05, 3.63) is 77.9 Å². The maximum absolute atomic E-state index is 12.5. The van der Waals surface area contributed by atoms with E-state index in [0.717, 1.165) is 16.7 Å². The second kappa shape index (κ2) is 7.65. The van der Waals surface area contributed by atoms with Crippen molar-refractivity contribution in [2.75, 3.05) is 0 Å². The molecule has 0 bridgehead atoms. The van der Waals surface area contributed by atoms with Crippen LogP contribution in [0.4, 0.5) is 0 Å². The first-order valence-electron chi connectivity index (χ1n) is 8.13. The van der Waals surface area contributed by atoms with Gasteiger partial charge in [-0.1, -0.05) is 54.6 Å². The summed E-state index contributed by atoms with van der Waals surface area (Å²) >= 11 is 0. The average Bonchev–Trinajstić information content (AvgIpc) is 3.12. The topological polar surface area (TPSA) is 92.4 Å². The van der Waals surface area contributed by atoms with Gasteiger partial charge in [-0.15, -0.1) is 0 Å².